The number of hydrogen-bond donors (Lipinski definition) is 2. The smallest absolute Gasteiger partial charge is 0.251 e. The zero-order valence-electron chi connectivity index (χ0n) is 11.7. The lowest BCUT2D eigenvalue weighted by atomic mass is 10.0. The van der Waals surface area contributed by atoms with Crippen LogP contribution in [0.2, 0.25) is 0 Å². The summed E-state index contributed by atoms with van der Waals surface area (Å²) in [5, 5.41) is 7.98. The lowest BCUT2D eigenvalue weighted by molar-refractivity contribution is 0.0950. The molecule has 1 saturated carbocycles. The van der Waals surface area contributed by atoms with Crippen LogP contribution < -0.4 is 10.5 Å². The van der Waals surface area contributed by atoms with E-state index in [2.05, 4.69) is 12.2 Å². The summed E-state index contributed by atoms with van der Waals surface area (Å²) in [5.41, 5.74) is 1.21. The fourth-order valence-corrected chi connectivity index (χ4v) is 2.79. The first-order chi connectivity index (χ1) is 9.32. The maximum Gasteiger partial charge on any atom is 0.251 e. The van der Waals surface area contributed by atoms with E-state index in [4.69, 9.17) is 5.14 Å². The van der Waals surface area contributed by atoms with Crippen LogP contribution in [0.3, 0.4) is 0 Å². The topological polar surface area (TPSA) is 89.3 Å². The largest absolute Gasteiger partial charge is 0.352 e. The number of nitrogens with two attached hydrogens (primary N) is 1. The van der Waals surface area contributed by atoms with Gasteiger partial charge >= 0.3 is 0 Å². The van der Waals surface area contributed by atoms with E-state index in [9.17, 15) is 13.2 Å². The molecule has 0 heterocycles. The third-order valence-corrected chi connectivity index (χ3v) is 4.75. The van der Waals surface area contributed by atoms with Crippen LogP contribution in [-0.2, 0) is 16.4 Å². The first-order valence-corrected chi connectivity index (χ1v) is 8.31. The molecule has 0 radical (unpaired) electrons. The molecule has 0 bridgehead atoms. The van der Waals surface area contributed by atoms with Crippen LogP contribution in [0.15, 0.2) is 23.1 Å². The summed E-state index contributed by atoms with van der Waals surface area (Å²) in [5.74, 6) is 0.980. The maximum atomic E-state index is 12.2. The van der Waals surface area contributed by atoms with E-state index in [1.54, 1.807) is 6.07 Å². The van der Waals surface area contributed by atoms with E-state index >= 15 is 0 Å². The molecule has 1 aliphatic rings. The Kier molecular flexibility index (Phi) is 4.15. The molecule has 1 amide bonds. The van der Waals surface area contributed by atoms with E-state index in [1.807, 2.05) is 6.92 Å². The van der Waals surface area contributed by atoms with Gasteiger partial charge in [0.25, 0.3) is 5.91 Å². The van der Waals surface area contributed by atoms with Gasteiger partial charge in [-0.05, 0) is 42.4 Å². The normalized spacial score (nSPS) is 21.6. The van der Waals surface area contributed by atoms with E-state index in [0.29, 0.717) is 30.4 Å². The Balaban J connectivity index is 2.21. The highest BCUT2D eigenvalue weighted by Gasteiger charge is 2.32. The minimum absolute atomic E-state index is 0.0281. The van der Waals surface area contributed by atoms with Crippen molar-refractivity contribution in [3.05, 3.63) is 29.3 Å². The Morgan fingerprint density at radius 2 is 2.10 bits per heavy atom. The number of hydrogen-bond acceptors (Lipinski definition) is 3. The monoisotopic (exact) mass is 296 g/mol. The van der Waals surface area contributed by atoms with Gasteiger partial charge in [-0.25, -0.2) is 13.6 Å². The predicted octanol–water partition coefficient (Wildman–Crippen LogP) is 1.28. The first-order valence-electron chi connectivity index (χ1n) is 6.76. The number of aryl methyl sites for hydroxylation is 1. The predicted molar refractivity (Wildman–Crippen MR) is 76.8 cm³/mol. The van der Waals surface area contributed by atoms with Gasteiger partial charge in [-0.1, -0.05) is 19.9 Å². The second-order valence-corrected chi connectivity index (χ2v) is 6.96. The van der Waals surface area contributed by atoms with E-state index in [1.165, 1.54) is 12.1 Å². The number of carbonyl (C=O) groups is 1. The van der Waals surface area contributed by atoms with Crippen molar-refractivity contribution in [2.45, 2.75) is 31.6 Å². The standard InChI is InChI=1S/C14H20N2O3S/c1-3-10-4-5-12(20(15,18)19)7-13(10)14(17)16-8-11-6-9(11)2/h4-5,7,9,11H,3,6,8H2,1-2H3,(H,16,17)(H2,15,18,19). The van der Waals surface area contributed by atoms with Crippen molar-refractivity contribution in [1.29, 1.82) is 0 Å². The quantitative estimate of drug-likeness (QED) is 0.857. The molecule has 1 aromatic carbocycles. The van der Waals surface area contributed by atoms with Crippen molar-refractivity contribution in [2.75, 3.05) is 6.54 Å². The molecule has 1 aliphatic carbocycles. The molecule has 5 nitrogen and oxygen atoms in total. The second kappa shape index (κ2) is 5.54. The fraction of sp³-hybridized carbons (Fsp3) is 0.500. The Labute approximate surface area is 119 Å². The average Bonchev–Trinajstić information content (AvgIpc) is 3.10. The minimum Gasteiger partial charge on any atom is -0.352 e. The lowest BCUT2D eigenvalue weighted by Crippen LogP contribution is -2.27. The molecule has 110 valence electrons. The van der Waals surface area contributed by atoms with Crippen LogP contribution in [0.4, 0.5) is 0 Å². The van der Waals surface area contributed by atoms with Gasteiger partial charge in [-0.3, -0.25) is 4.79 Å². The Morgan fingerprint density at radius 3 is 2.60 bits per heavy atom. The Hall–Kier alpha value is -1.40. The number of rotatable bonds is 5. The van der Waals surface area contributed by atoms with Crippen LogP contribution in [-0.4, -0.2) is 20.9 Å². The Bertz CT molecular complexity index is 625. The molecule has 0 spiro atoms. The zero-order chi connectivity index (χ0) is 14.9. The molecular weight excluding hydrogens is 276 g/mol. The minimum atomic E-state index is -3.79. The van der Waals surface area contributed by atoms with Gasteiger partial charge in [-0.15, -0.1) is 0 Å². The number of amides is 1. The Morgan fingerprint density at radius 1 is 1.45 bits per heavy atom. The summed E-state index contributed by atoms with van der Waals surface area (Å²) in [6.45, 7) is 4.71. The maximum absolute atomic E-state index is 12.2. The van der Waals surface area contributed by atoms with Crippen LogP contribution in [0.5, 0.6) is 0 Å². The average molecular weight is 296 g/mol. The van der Waals surface area contributed by atoms with Gasteiger partial charge in [0.15, 0.2) is 0 Å². The number of benzene rings is 1. The van der Waals surface area contributed by atoms with Gasteiger partial charge in [-0.2, -0.15) is 0 Å². The molecule has 6 heteroatoms. The molecule has 3 N–H and O–H groups in total. The van der Waals surface area contributed by atoms with Crippen molar-refractivity contribution in [1.82, 2.24) is 5.32 Å². The summed E-state index contributed by atoms with van der Waals surface area (Å²) in [6.07, 6.45) is 1.80. The second-order valence-electron chi connectivity index (χ2n) is 5.40. The SMILES string of the molecule is CCc1ccc(S(N)(=O)=O)cc1C(=O)NCC1CC1C. The fourth-order valence-electron chi connectivity index (χ4n) is 2.25. The van der Waals surface area contributed by atoms with Gasteiger partial charge in [0, 0.05) is 12.1 Å². The van der Waals surface area contributed by atoms with E-state index in [0.717, 1.165) is 12.0 Å². The summed E-state index contributed by atoms with van der Waals surface area (Å²) in [4.78, 5) is 12.2. The highest BCUT2D eigenvalue weighted by atomic mass is 32.2. The molecule has 1 fully saturated rings. The first kappa shape index (κ1) is 15.0. The molecule has 1 aromatic rings. The summed E-state index contributed by atoms with van der Waals surface area (Å²) in [7, 11) is -3.79. The van der Waals surface area contributed by atoms with E-state index < -0.39 is 10.0 Å². The molecule has 0 aliphatic heterocycles. The summed E-state index contributed by atoms with van der Waals surface area (Å²) >= 11 is 0. The van der Waals surface area contributed by atoms with E-state index in [-0.39, 0.29) is 10.8 Å². The molecule has 2 rings (SSSR count). The molecule has 2 unspecified atom stereocenters. The zero-order valence-corrected chi connectivity index (χ0v) is 12.5. The van der Waals surface area contributed by atoms with Crippen molar-refractivity contribution in [3.63, 3.8) is 0 Å². The third kappa shape index (κ3) is 3.37. The van der Waals surface area contributed by atoms with Crippen molar-refractivity contribution >= 4 is 15.9 Å². The molecular formula is C14H20N2O3S. The van der Waals surface area contributed by atoms with Crippen molar-refractivity contribution in [2.24, 2.45) is 17.0 Å². The third-order valence-electron chi connectivity index (χ3n) is 3.84. The summed E-state index contributed by atoms with van der Waals surface area (Å²) < 4.78 is 22.7. The van der Waals surface area contributed by atoms with Crippen molar-refractivity contribution in [3.8, 4) is 0 Å². The lowest BCUT2D eigenvalue weighted by Gasteiger charge is -2.10. The van der Waals surface area contributed by atoms with Crippen LogP contribution in [0, 0.1) is 11.8 Å². The molecule has 0 saturated heterocycles. The number of primary sulfonamides is 1. The van der Waals surface area contributed by atoms with Crippen LogP contribution in [0.1, 0.15) is 36.2 Å². The highest BCUT2D eigenvalue weighted by Crippen LogP contribution is 2.36. The molecule has 0 aromatic heterocycles. The van der Waals surface area contributed by atoms with Crippen molar-refractivity contribution < 1.29 is 13.2 Å². The van der Waals surface area contributed by atoms with Gasteiger partial charge < -0.3 is 5.32 Å². The molecule has 20 heavy (non-hydrogen) atoms. The van der Waals surface area contributed by atoms with Gasteiger partial charge in [0.1, 0.15) is 0 Å². The number of carbonyl (C=O) groups excluding carboxylic acids is 1. The van der Waals surface area contributed by atoms with Gasteiger partial charge in [0.2, 0.25) is 10.0 Å². The van der Waals surface area contributed by atoms with Crippen LogP contribution >= 0.6 is 0 Å². The molecule has 2 atom stereocenters. The number of nitrogens with one attached hydrogen (secondary N) is 1. The summed E-state index contributed by atoms with van der Waals surface area (Å²) in [6, 6.07) is 4.45. The highest BCUT2D eigenvalue weighted by molar-refractivity contribution is 7.89. The number of sulfonamides is 1. The van der Waals surface area contributed by atoms with Gasteiger partial charge in [0.05, 0.1) is 4.90 Å². The van der Waals surface area contributed by atoms with Crippen LogP contribution in [0.25, 0.3) is 0 Å².